The van der Waals surface area contributed by atoms with Crippen LogP contribution in [0, 0.1) is 13.8 Å². The second-order valence-electron chi connectivity index (χ2n) is 5.13. The summed E-state index contributed by atoms with van der Waals surface area (Å²) < 4.78 is 38.4. The number of rotatable bonds is 3. The number of hydrogen-bond donors (Lipinski definition) is 2. The lowest BCUT2D eigenvalue weighted by Crippen LogP contribution is -2.24. The first kappa shape index (κ1) is 18.0. The number of aromatic nitrogens is 2. The number of benzene rings is 1. The number of H-pyrrole nitrogens is 1. The second kappa shape index (κ2) is 6.64. The van der Waals surface area contributed by atoms with E-state index in [1.54, 1.807) is 13.8 Å². The maximum atomic E-state index is 12.8. The van der Waals surface area contributed by atoms with Crippen molar-refractivity contribution in [2.24, 2.45) is 0 Å². The Balaban J connectivity index is 2.21. The molecule has 0 aliphatic rings. The molecule has 2 aromatic rings. The number of hydrogen-bond acceptors (Lipinski definition) is 3. The Morgan fingerprint density at radius 1 is 1.33 bits per heavy atom. The fourth-order valence-electron chi connectivity index (χ4n) is 2.15. The summed E-state index contributed by atoms with van der Waals surface area (Å²) in [4.78, 5) is 30.4. The zero-order chi connectivity index (χ0) is 18.1. The number of aryl methyl sites for hydroxylation is 2. The van der Waals surface area contributed by atoms with Crippen molar-refractivity contribution in [2.45, 2.75) is 26.4 Å². The molecule has 0 aliphatic carbocycles. The van der Waals surface area contributed by atoms with E-state index in [0.29, 0.717) is 11.5 Å². The highest BCUT2D eigenvalue weighted by molar-refractivity contribution is 6.31. The Hall–Kier alpha value is -2.35. The Kier molecular flexibility index (Phi) is 4.98. The first-order chi connectivity index (χ1) is 11.1. The summed E-state index contributed by atoms with van der Waals surface area (Å²) in [6.07, 6.45) is -4.94. The molecule has 5 nitrogen and oxygen atoms in total. The lowest BCUT2D eigenvalue weighted by molar-refractivity contribution is -0.137. The average Bonchev–Trinajstić information content (AvgIpc) is 2.43. The van der Waals surface area contributed by atoms with Gasteiger partial charge >= 0.3 is 6.18 Å². The van der Waals surface area contributed by atoms with E-state index in [1.807, 2.05) is 0 Å². The van der Waals surface area contributed by atoms with Crippen LogP contribution in [-0.4, -0.2) is 15.9 Å². The van der Waals surface area contributed by atoms with Gasteiger partial charge in [0.2, 0.25) is 5.91 Å². The van der Waals surface area contributed by atoms with Gasteiger partial charge < -0.3 is 10.3 Å². The van der Waals surface area contributed by atoms with Crippen LogP contribution in [0.15, 0.2) is 23.0 Å². The van der Waals surface area contributed by atoms with Gasteiger partial charge in [-0.05, 0) is 32.0 Å². The average molecular weight is 360 g/mol. The summed E-state index contributed by atoms with van der Waals surface area (Å²) in [5.74, 6) is -0.223. The molecule has 128 valence electrons. The number of alkyl halides is 3. The van der Waals surface area contributed by atoms with Crippen molar-refractivity contribution in [2.75, 3.05) is 5.32 Å². The number of nitrogens with zero attached hydrogens (tertiary/aromatic N) is 1. The lowest BCUT2D eigenvalue weighted by Gasteiger charge is -2.12. The summed E-state index contributed by atoms with van der Waals surface area (Å²) >= 11 is 5.52. The molecule has 0 bridgehead atoms. The highest BCUT2D eigenvalue weighted by Crippen LogP contribution is 2.36. The third-order valence-electron chi connectivity index (χ3n) is 3.23. The van der Waals surface area contributed by atoms with Crippen LogP contribution in [0.1, 0.15) is 22.6 Å². The van der Waals surface area contributed by atoms with Gasteiger partial charge in [-0.25, -0.2) is 4.98 Å². The van der Waals surface area contributed by atoms with Gasteiger partial charge in [-0.3, -0.25) is 9.59 Å². The monoisotopic (exact) mass is 359 g/mol. The SMILES string of the molecule is Cc1nc(C)c(CC(=O)Nc2ccc(Cl)c(C(F)(F)F)c2)c(=O)[nH]1. The Bertz CT molecular complexity index is 847. The van der Waals surface area contributed by atoms with E-state index < -0.39 is 28.2 Å². The van der Waals surface area contributed by atoms with Crippen LogP contribution in [0.25, 0.3) is 0 Å². The fraction of sp³-hybridized carbons (Fsp3) is 0.267. The van der Waals surface area contributed by atoms with Gasteiger partial charge in [0.25, 0.3) is 5.56 Å². The molecule has 9 heteroatoms. The van der Waals surface area contributed by atoms with E-state index in [1.165, 1.54) is 6.07 Å². The van der Waals surface area contributed by atoms with Gasteiger partial charge in [-0.1, -0.05) is 11.6 Å². The van der Waals surface area contributed by atoms with Crippen molar-refractivity contribution in [3.63, 3.8) is 0 Å². The highest BCUT2D eigenvalue weighted by Gasteiger charge is 2.33. The van der Waals surface area contributed by atoms with Crippen LogP contribution in [0.2, 0.25) is 5.02 Å². The van der Waals surface area contributed by atoms with E-state index in [4.69, 9.17) is 11.6 Å². The van der Waals surface area contributed by atoms with Crippen LogP contribution in [0.4, 0.5) is 18.9 Å². The maximum absolute atomic E-state index is 12.8. The minimum Gasteiger partial charge on any atom is -0.326 e. The minimum atomic E-state index is -4.63. The van der Waals surface area contributed by atoms with Crippen molar-refractivity contribution in [3.8, 4) is 0 Å². The standard InChI is InChI=1S/C15H13ClF3N3O2/c1-7-10(14(24)21-8(2)20-7)6-13(23)22-9-3-4-12(16)11(5-9)15(17,18)19/h3-5H,6H2,1-2H3,(H,22,23)(H,20,21,24). The topological polar surface area (TPSA) is 74.8 Å². The van der Waals surface area contributed by atoms with Gasteiger partial charge in [0, 0.05) is 16.9 Å². The zero-order valence-corrected chi connectivity index (χ0v) is 13.5. The molecule has 1 heterocycles. The summed E-state index contributed by atoms with van der Waals surface area (Å²) in [5, 5.41) is 1.86. The van der Waals surface area contributed by atoms with Crippen molar-refractivity contribution in [1.29, 1.82) is 0 Å². The molecule has 0 spiro atoms. The lowest BCUT2D eigenvalue weighted by atomic mass is 10.1. The third kappa shape index (κ3) is 4.14. The number of aromatic amines is 1. The van der Waals surface area contributed by atoms with Gasteiger partial charge in [0.05, 0.1) is 17.0 Å². The van der Waals surface area contributed by atoms with Gasteiger partial charge in [0.1, 0.15) is 5.82 Å². The minimum absolute atomic E-state index is 0.0640. The molecule has 1 aromatic heterocycles. The molecule has 1 amide bonds. The summed E-state index contributed by atoms with van der Waals surface area (Å²) in [7, 11) is 0. The molecule has 0 saturated carbocycles. The largest absolute Gasteiger partial charge is 0.417 e. The molecule has 0 fully saturated rings. The maximum Gasteiger partial charge on any atom is 0.417 e. The predicted octanol–water partition coefficient (Wildman–Crippen LogP) is 3.24. The first-order valence-electron chi connectivity index (χ1n) is 6.81. The molecular weight excluding hydrogens is 347 g/mol. The number of carbonyl (C=O) groups excluding carboxylic acids is 1. The number of halogens is 4. The van der Waals surface area contributed by atoms with E-state index in [9.17, 15) is 22.8 Å². The summed E-state index contributed by atoms with van der Waals surface area (Å²) in [5.41, 5.74) is -1.03. The first-order valence-corrected chi connectivity index (χ1v) is 7.18. The van der Waals surface area contributed by atoms with E-state index >= 15 is 0 Å². The fourth-order valence-corrected chi connectivity index (χ4v) is 2.37. The highest BCUT2D eigenvalue weighted by atomic mass is 35.5. The van der Waals surface area contributed by atoms with Crippen LogP contribution in [0.5, 0.6) is 0 Å². The number of nitrogens with one attached hydrogen (secondary N) is 2. The van der Waals surface area contributed by atoms with Crippen LogP contribution < -0.4 is 10.9 Å². The van der Waals surface area contributed by atoms with Crippen molar-refractivity contribution in [3.05, 3.63) is 56.2 Å². The molecule has 0 aliphatic heterocycles. The second-order valence-corrected chi connectivity index (χ2v) is 5.54. The Morgan fingerprint density at radius 3 is 2.58 bits per heavy atom. The Morgan fingerprint density at radius 2 is 2.00 bits per heavy atom. The zero-order valence-electron chi connectivity index (χ0n) is 12.7. The molecule has 24 heavy (non-hydrogen) atoms. The quantitative estimate of drug-likeness (QED) is 0.883. The van der Waals surface area contributed by atoms with Crippen molar-refractivity contribution >= 4 is 23.2 Å². The summed E-state index contributed by atoms with van der Waals surface area (Å²) in [6, 6.07) is 3.04. The third-order valence-corrected chi connectivity index (χ3v) is 3.56. The van der Waals surface area contributed by atoms with E-state index in [2.05, 4.69) is 15.3 Å². The molecule has 0 unspecified atom stereocenters. The number of amides is 1. The normalized spacial score (nSPS) is 11.4. The van der Waals surface area contributed by atoms with E-state index in [0.717, 1.165) is 12.1 Å². The van der Waals surface area contributed by atoms with E-state index in [-0.39, 0.29) is 17.7 Å². The van der Waals surface area contributed by atoms with Crippen molar-refractivity contribution < 1.29 is 18.0 Å². The predicted molar refractivity (Wildman–Crippen MR) is 83.1 cm³/mol. The van der Waals surface area contributed by atoms with Crippen LogP contribution >= 0.6 is 11.6 Å². The summed E-state index contributed by atoms with van der Waals surface area (Å²) in [6.45, 7) is 3.18. The van der Waals surface area contributed by atoms with Crippen molar-refractivity contribution in [1.82, 2.24) is 9.97 Å². The Labute approximate surface area is 139 Å². The smallest absolute Gasteiger partial charge is 0.326 e. The molecule has 0 radical (unpaired) electrons. The van der Waals surface area contributed by atoms with Gasteiger partial charge in [-0.2, -0.15) is 13.2 Å². The molecule has 0 saturated heterocycles. The van der Waals surface area contributed by atoms with Crippen LogP contribution in [-0.2, 0) is 17.4 Å². The van der Waals surface area contributed by atoms with Gasteiger partial charge in [0.15, 0.2) is 0 Å². The molecule has 1 aromatic carbocycles. The van der Waals surface area contributed by atoms with Gasteiger partial charge in [-0.15, -0.1) is 0 Å². The number of carbonyl (C=O) groups is 1. The molecule has 0 atom stereocenters. The molecule has 2 N–H and O–H groups in total. The molecule has 2 rings (SSSR count). The number of anilines is 1. The molecular formula is C15H13ClF3N3O2. The van der Waals surface area contributed by atoms with Crippen LogP contribution in [0.3, 0.4) is 0 Å².